The number of carbonyl (C=O) groups excluding carboxylic acids is 1. The molecule has 1 heterocycles. The highest BCUT2D eigenvalue weighted by molar-refractivity contribution is 5.95. The molecule has 1 aromatic heterocycles. The van der Waals surface area contributed by atoms with E-state index in [9.17, 15) is 4.79 Å². The zero-order valence-corrected chi connectivity index (χ0v) is 13.0. The first kappa shape index (κ1) is 13.5. The topological polar surface area (TPSA) is 81.2 Å². The van der Waals surface area contributed by atoms with E-state index < -0.39 is 0 Å². The molecule has 4 unspecified atom stereocenters. The summed E-state index contributed by atoms with van der Waals surface area (Å²) in [5.41, 5.74) is 8.65. The highest BCUT2D eigenvalue weighted by Crippen LogP contribution is 2.48. The van der Waals surface area contributed by atoms with Gasteiger partial charge in [-0.1, -0.05) is 0 Å². The number of hydrogen-bond acceptors (Lipinski definition) is 4. The van der Waals surface area contributed by atoms with Crippen LogP contribution >= 0.6 is 0 Å². The maximum atomic E-state index is 12.6. The summed E-state index contributed by atoms with van der Waals surface area (Å²) >= 11 is 0. The van der Waals surface area contributed by atoms with Crippen molar-refractivity contribution in [3.05, 3.63) is 24.1 Å². The Bertz CT molecular complexity index is 778. The lowest BCUT2D eigenvalue weighted by Gasteiger charge is -2.26. The number of anilines is 1. The van der Waals surface area contributed by atoms with Crippen LogP contribution in [0.4, 0.5) is 5.69 Å². The molecule has 2 aromatic rings. The van der Waals surface area contributed by atoms with Crippen LogP contribution in [0.3, 0.4) is 0 Å². The fourth-order valence-corrected chi connectivity index (χ4v) is 4.48. The van der Waals surface area contributed by atoms with E-state index in [-0.39, 0.29) is 17.9 Å². The van der Waals surface area contributed by atoms with Crippen molar-refractivity contribution >= 4 is 22.7 Å². The highest BCUT2D eigenvalue weighted by atomic mass is 16.3. The summed E-state index contributed by atoms with van der Waals surface area (Å²) < 4.78 is 5.82. The zero-order valence-electron chi connectivity index (χ0n) is 13.0. The van der Waals surface area contributed by atoms with Crippen molar-refractivity contribution < 1.29 is 9.21 Å². The van der Waals surface area contributed by atoms with Gasteiger partial charge in [-0.25, -0.2) is 4.98 Å². The van der Waals surface area contributed by atoms with E-state index in [0.717, 1.165) is 35.5 Å². The molecule has 0 aliphatic heterocycles. The average Bonchev–Trinajstić information content (AvgIpc) is 3.01. The van der Waals surface area contributed by atoms with Gasteiger partial charge >= 0.3 is 0 Å². The molecule has 0 saturated heterocycles. The van der Waals surface area contributed by atoms with Crippen molar-refractivity contribution in [2.75, 3.05) is 5.32 Å². The Morgan fingerprint density at radius 3 is 2.78 bits per heavy atom. The lowest BCUT2D eigenvalue weighted by Crippen LogP contribution is -2.42. The number of nitrogens with zero attached hydrogens (tertiary/aromatic N) is 1. The van der Waals surface area contributed by atoms with E-state index in [1.165, 1.54) is 19.3 Å². The molecule has 3 N–H and O–H groups in total. The molecule has 2 bridgehead atoms. The second-order valence-corrected chi connectivity index (χ2v) is 7.43. The number of nitrogens with one attached hydrogen (secondary N) is 1. The molecule has 3 aliphatic carbocycles. The van der Waals surface area contributed by atoms with Crippen molar-refractivity contribution in [1.82, 2.24) is 4.98 Å². The number of rotatable bonds is 3. The van der Waals surface area contributed by atoms with Gasteiger partial charge in [0.25, 0.3) is 0 Å². The first-order valence-corrected chi connectivity index (χ1v) is 8.66. The van der Waals surface area contributed by atoms with Gasteiger partial charge < -0.3 is 15.5 Å². The number of aromatic nitrogens is 1. The minimum Gasteiger partial charge on any atom is -0.440 e. The van der Waals surface area contributed by atoms with Crippen LogP contribution in [0, 0.1) is 17.8 Å². The number of fused-ring (bicyclic) bond motifs is 3. The summed E-state index contributed by atoms with van der Waals surface area (Å²) in [5.74, 6) is 2.34. The summed E-state index contributed by atoms with van der Waals surface area (Å²) in [5, 5.41) is 3.04. The summed E-state index contributed by atoms with van der Waals surface area (Å²) in [4.78, 5) is 17.2. The molecule has 3 aliphatic rings. The Hall–Kier alpha value is -1.88. The van der Waals surface area contributed by atoms with Gasteiger partial charge in [0, 0.05) is 23.7 Å². The fraction of sp³-hybridized carbons (Fsp3) is 0.556. The van der Waals surface area contributed by atoms with Crippen molar-refractivity contribution in [3.63, 3.8) is 0 Å². The number of benzene rings is 1. The molecule has 120 valence electrons. The maximum Gasteiger partial charge on any atom is 0.229 e. The second-order valence-electron chi connectivity index (χ2n) is 7.43. The van der Waals surface area contributed by atoms with E-state index >= 15 is 0 Å². The monoisotopic (exact) mass is 311 g/mol. The molecular weight excluding hydrogens is 290 g/mol. The standard InChI is InChI=1S/C18H21N3O2/c19-16-11-4-3-10(7-11)15(16)17(22)20-12-5-6-13-14(8-12)23-18(21-13)9-1-2-9/h5-6,8-11,15-16H,1-4,7,19H2,(H,20,22). The lowest BCUT2D eigenvalue weighted by molar-refractivity contribution is -0.121. The molecule has 4 atom stereocenters. The Kier molecular flexibility index (Phi) is 2.83. The van der Waals surface area contributed by atoms with Gasteiger partial charge in [-0.15, -0.1) is 0 Å². The van der Waals surface area contributed by atoms with Crippen molar-refractivity contribution in [1.29, 1.82) is 0 Å². The maximum absolute atomic E-state index is 12.6. The van der Waals surface area contributed by atoms with Crippen LogP contribution in [0.5, 0.6) is 0 Å². The van der Waals surface area contributed by atoms with E-state index in [4.69, 9.17) is 10.2 Å². The van der Waals surface area contributed by atoms with Crippen LogP contribution in [0.1, 0.15) is 43.9 Å². The Labute approximate surface area is 134 Å². The summed E-state index contributed by atoms with van der Waals surface area (Å²) in [6.07, 6.45) is 5.77. The largest absolute Gasteiger partial charge is 0.440 e. The quantitative estimate of drug-likeness (QED) is 0.913. The van der Waals surface area contributed by atoms with E-state index in [1.807, 2.05) is 18.2 Å². The molecule has 1 aromatic carbocycles. The number of carbonyl (C=O) groups is 1. The van der Waals surface area contributed by atoms with Gasteiger partial charge in [0.2, 0.25) is 5.91 Å². The van der Waals surface area contributed by atoms with E-state index in [0.29, 0.717) is 17.8 Å². The number of oxazole rings is 1. The molecular formula is C18H21N3O2. The molecule has 3 fully saturated rings. The van der Waals surface area contributed by atoms with Crippen LogP contribution in [0.25, 0.3) is 11.1 Å². The molecule has 0 spiro atoms. The molecule has 0 radical (unpaired) electrons. The number of amides is 1. The third-order valence-electron chi connectivity index (χ3n) is 5.88. The van der Waals surface area contributed by atoms with Crippen LogP contribution in [0.2, 0.25) is 0 Å². The van der Waals surface area contributed by atoms with Gasteiger partial charge in [0.1, 0.15) is 5.52 Å². The van der Waals surface area contributed by atoms with Crippen molar-refractivity contribution in [2.24, 2.45) is 23.5 Å². The normalized spacial score (nSPS) is 32.6. The predicted molar refractivity (Wildman–Crippen MR) is 86.9 cm³/mol. The fourth-order valence-electron chi connectivity index (χ4n) is 4.48. The van der Waals surface area contributed by atoms with Gasteiger partial charge in [0.05, 0.1) is 5.92 Å². The summed E-state index contributed by atoms with van der Waals surface area (Å²) in [6, 6.07) is 5.72. The molecule has 5 rings (SSSR count). The third-order valence-corrected chi connectivity index (χ3v) is 5.88. The predicted octanol–water partition coefficient (Wildman–Crippen LogP) is 3.02. The van der Waals surface area contributed by atoms with Crippen LogP contribution in [0.15, 0.2) is 22.6 Å². The van der Waals surface area contributed by atoms with E-state index in [2.05, 4.69) is 10.3 Å². The van der Waals surface area contributed by atoms with Crippen LogP contribution in [-0.2, 0) is 4.79 Å². The summed E-state index contributed by atoms with van der Waals surface area (Å²) in [6.45, 7) is 0. The Morgan fingerprint density at radius 2 is 2.04 bits per heavy atom. The third kappa shape index (κ3) is 2.17. The molecule has 1 amide bonds. The Morgan fingerprint density at radius 1 is 1.22 bits per heavy atom. The SMILES string of the molecule is NC1C2CCC(C2)C1C(=O)Nc1ccc2nc(C3CC3)oc2c1. The van der Waals surface area contributed by atoms with Gasteiger partial charge in [-0.3, -0.25) is 4.79 Å². The highest BCUT2D eigenvalue weighted by Gasteiger charge is 2.49. The van der Waals surface area contributed by atoms with Crippen molar-refractivity contribution in [3.8, 4) is 0 Å². The smallest absolute Gasteiger partial charge is 0.229 e. The van der Waals surface area contributed by atoms with Gasteiger partial charge in [-0.05, 0) is 56.1 Å². The van der Waals surface area contributed by atoms with Crippen LogP contribution in [-0.4, -0.2) is 16.9 Å². The number of nitrogens with two attached hydrogens (primary N) is 1. The number of hydrogen-bond donors (Lipinski definition) is 2. The molecule has 23 heavy (non-hydrogen) atoms. The van der Waals surface area contributed by atoms with Gasteiger partial charge in [0.15, 0.2) is 11.5 Å². The second kappa shape index (κ2) is 4.81. The average molecular weight is 311 g/mol. The molecule has 5 heteroatoms. The molecule has 5 nitrogen and oxygen atoms in total. The minimum absolute atomic E-state index is 0.0178. The lowest BCUT2D eigenvalue weighted by atomic mass is 9.84. The zero-order chi connectivity index (χ0) is 15.6. The summed E-state index contributed by atoms with van der Waals surface area (Å²) in [7, 11) is 0. The minimum atomic E-state index is -0.0406. The van der Waals surface area contributed by atoms with E-state index in [1.54, 1.807) is 0 Å². The van der Waals surface area contributed by atoms with Crippen LogP contribution < -0.4 is 11.1 Å². The van der Waals surface area contributed by atoms with Gasteiger partial charge in [-0.2, -0.15) is 0 Å². The Balaban J connectivity index is 1.37. The first-order valence-electron chi connectivity index (χ1n) is 8.66. The molecule has 3 saturated carbocycles. The first-order chi connectivity index (χ1) is 11.2. The van der Waals surface area contributed by atoms with Crippen molar-refractivity contribution in [2.45, 2.75) is 44.1 Å².